The predicted octanol–water partition coefficient (Wildman–Crippen LogP) is 4.57. The van der Waals surface area contributed by atoms with E-state index in [1.54, 1.807) is 6.07 Å². The SMILES string of the molecule is O=S(=O)(Nc1cc(-c2nnc3n2CCCCC3)c(F)cc1F)c1ccc(Br)s1. The molecule has 0 aliphatic carbocycles. The molecule has 1 aromatic carbocycles. The predicted molar refractivity (Wildman–Crippen MR) is 106 cm³/mol. The third kappa shape index (κ3) is 3.70. The summed E-state index contributed by atoms with van der Waals surface area (Å²) in [6, 6.07) is 4.78. The number of nitrogens with one attached hydrogen (secondary N) is 1. The highest BCUT2D eigenvalue weighted by molar-refractivity contribution is 9.11. The maximum atomic E-state index is 14.5. The minimum Gasteiger partial charge on any atom is -0.311 e. The molecule has 3 aromatic rings. The lowest BCUT2D eigenvalue weighted by molar-refractivity contribution is 0.581. The van der Waals surface area contributed by atoms with Gasteiger partial charge in [0.25, 0.3) is 10.0 Å². The average molecular weight is 489 g/mol. The first-order valence-electron chi connectivity index (χ1n) is 8.55. The molecule has 0 spiro atoms. The van der Waals surface area contributed by atoms with Crippen LogP contribution in [0.25, 0.3) is 11.4 Å². The smallest absolute Gasteiger partial charge is 0.271 e. The molecule has 3 heterocycles. The van der Waals surface area contributed by atoms with Crippen LogP contribution in [0.1, 0.15) is 25.1 Å². The molecule has 1 aliphatic rings. The Hall–Kier alpha value is -1.85. The zero-order valence-corrected chi connectivity index (χ0v) is 17.7. The maximum Gasteiger partial charge on any atom is 0.271 e. The number of hydrogen-bond acceptors (Lipinski definition) is 5. The monoisotopic (exact) mass is 488 g/mol. The number of halogens is 3. The molecule has 0 fully saturated rings. The molecule has 0 amide bonds. The first-order chi connectivity index (χ1) is 13.3. The van der Waals surface area contributed by atoms with E-state index < -0.39 is 21.7 Å². The standard InChI is InChI=1S/C17H15BrF2N4O2S2/c18-14-5-6-16(27-14)28(25,26)23-13-8-10(11(19)9-12(13)20)17-22-21-15-4-2-1-3-7-24(15)17/h5-6,8-9,23H,1-4,7H2. The van der Waals surface area contributed by atoms with Crippen LogP contribution in [0.2, 0.25) is 0 Å². The van der Waals surface area contributed by atoms with Crippen molar-refractivity contribution in [3.8, 4) is 11.4 Å². The molecule has 6 nitrogen and oxygen atoms in total. The van der Waals surface area contributed by atoms with Gasteiger partial charge in [0, 0.05) is 19.0 Å². The van der Waals surface area contributed by atoms with Crippen molar-refractivity contribution in [2.75, 3.05) is 4.72 Å². The second kappa shape index (κ2) is 7.53. The van der Waals surface area contributed by atoms with Gasteiger partial charge >= 0.3 is 0 Å². The Labute approximate surface area is 172 Å². The molecular weight excluding hydrogens is 474 g/mol. The highest BCUT2D eigenvalue weighted by Crippen LogP contribution is 2.32. The fourth-order valence-corrected chi connectivity index (χ4v) is 6.19. The minimum atomic E-state index is -4.00. The van der Waals surface area contributed by atoms with Crippen LogP contribution in [0.15, 0.2) is 32.3 Å². The van der Waals surface area contributed by atoms with Crippen LogP contribution in [0.5, 0.6) is 0 Å². The van der Waals surface area contributed by atoms with E-state index in [4.69, 9.17) is 0 Å². The zero-order chi connectivity index (χ0) is 19.9. The van der Waals surface area contributed by atoms with Gasteiger partial charge in [-0.1, -0.05) is 6.42 Å². The topological polar surface area (TPSA) is 76.9 Å². The lowest BCUT2D eigenvalue weighted by Gasteiger charge is -2.12. The Morgan fingerprint density at radius 2 is 1.93 bits per heavy atom. The summed E-state index contributed by atoms with van der Waals surface area (Å²) in [7, 11) is -4.00. The van der Waals surface area contributed by atoms with Gasteiger partial charge in [0.1, 0.15) is 21.7 Å². The lowest BCUT2D eigenvalue weighted by atomic mass is 10.1. The maximum absolute atomic E-state index is 14.5. The number of sulfonamides is 1. The average Bonchev–Trinajstić information content (AvgIpc) is 3.17. The van der Waals surface area contributed by atoms with Crippen LogP contribution in [-0.4, -0.2) is 23.2 Å². The minimum absolute atomic E-state index is 0.00658. The van der Waals surface area contributed by atoms with Gasteiger partial charge < -0.3 is 4.57 Å². The molecule has 28 heavy (non-hydrogen) atoms. The van der Waals surface area contributed by atoms with E-state index in [-0.39, 0.29) is 21.3 Å². The molecule has 0 unspecified atom stereocenters. The lowest BCUT2D eigenvalue weighted by Crippen LogP contribution is -2.13. The molecule has 11 heteroatoms. The molecule has 0 saturated carbocycles. The van der Waals surface area contributed by atoms with Gasteiger partial charge in [-0.3, -0.25) is 4.72 Å². The van der Waals surface area contributed by atoms with Crippen molar-refractivity contribution in [1.29, 1.82) is 0 Å². The molecule has 1 N–H and O–H groups in total. The quantitative estimate of drug-likeness (QED) is 0.583. The van der Waals surface area contributed by atoms with Crippen LogP contribution in [0, 0.1) is 11.6 Å². The summed E-state index contributed by atoms with van der Waals surface area (Å²) in [6.45, 7) is 0.638. The summed E-state index contributed by atoms with van der Waals surface area (Å²) in [5, 5.41) is 8.19. The molecule has 4 rings (SSSR count). The largest absolute Gasteiger partial charge is 0.311 e. The summed E-state index contributed by atoms with van der Waals surface area (Å²) in [6.07, 6.45) is 3.66. The van der Waals surface area contributed by atoms with Crippen molar-refractivity contribution in [2.45, 2.75) is 36.4 Å². The second-order valence-electron chi connectivity index (χ2n) is 6.38. The van der Waals surface area contributed by atoms with E-state index >= 15 is 0 Å². The van der Waals surface area contributed by atoms with E-state index in [0.717, 1.165) is 48.9 Å². The van der Waals surface area contributed by atoms with Gasteiger partial charge in [-0.25, -0.2) is 17.2 Å². The Kier molecular flexibility index (Phi) is 5.23. The zero-order valence-electron chi connectivity index (χ0n) is 14.5. The Morgan fingerprint density at radius 3 is 2.68 bits per heavy atom. The number of aromatic nitrogens is 3. The van der Waals surface area contributed by atoms with Crippen molar-refractivity contribution < 1.29 is 17.2 Å². The van der Waals surface area contributed by atoms with Crippen molar-refractivity contribution in [3.63, 3.8) is 0 Å². The number of aryl methyl sites for hydroxylation is 1. The number of nitrogens with zero attached hydrogens (tertiary/aromatic N) is 3. The van der Waals surface area contributed by atoms with Crippen LogP contribution < -0.4 is 4.72 Å². The number of rotatable bonds is 4. The summed E-state index contributed by atoms with van der Waals surface area (Å²) in [5.74, 6) is -0.801. The van der Waals surface area contributed by atoms with Crippen molar-refractivity contribution in [2.24, 2.45) is 0 Å². The summed E-state index contributed by atoms with van der Waals surface area (Å²) in [4.78, 5) is 0. The van der Waals surface area contributed by atoms with Crippen molar-refractivity contribution in [1.82, 2.24) is 14.8 Å². The molecular formula is C17H15BrF2N4O2S2. The fraction of sp³-hybridized carbons (Fsp3) is 0.294. The van der Waals surface area contributed by atoms with Crippen molar-refractivity contribution >= 4 is 43.0 Å². The van der Waals surface area contributed by atoms with Gasteiger partial charge in [-0.2, -0.15) is 0 Å². The summed E-state index contributed by atoms with van der Waals surface area (Å²) >= 11 is 4.19. The van der Waals surface area contributed by atoms with Gasteiger partial charge in [0.2, 0.25) is 0 Å². The number of benzene rings is 1. The molecule has 0 saturated heterocycles. The Morgan fingerprint density at radius 1 is 1.11 bits per heavy atom. The molecule has 148 valence electrons. The van der Waals surface area contributed by atoms with Gasteiger partial charge in [0.15, 0.2) is 5.82 Å². The fourth-order valence-electron chi connectivity index (χ4n) is 3.12. The van der Waals surface area contributed by atoms with Crippen LogP contribution >= 0.6 is 27.3 Å². The highest BCUT2D eigenvalue weighted by atomic mass is 79.9. The third-order valence-electron chi connectivity index (χ3n) is 4.46. The van der Waals surface area contributed by atoms with E-state index in [1.165, 1.54) is 6.07 Å². The van der Waals surface area contributed by atoms with E-state index in [2.05, 4.69) is 30.8 Å². The Bertz CT molecular complexity index is 1140. The van der Waals surface area contributed by atoms with Gasteiger partial charge in [0.05, 0.1) is 15.0 Å². The van der Waals surface area contributed by atoms with Crippen LogP contribution in [0.4, 0.5) is 14.5 Å². The highest BCUT2D eigenvalue weighted by Gasteiger charge is 2.23. The van der Waals surface area contributed by atoms with Crippen LogP contribution in [-0.2, 0) is 23.0 Å². The molecule has 0 radical (unpaired) electrons. The van der Waals surface area contributed by atoms with Crippen molar-refractivity contribution in [3.05, 3.63) is 45.5 Å². The van der Waals surface area contributed by atoms with E-state index in [0.29, 0.717) is 16.4 Å². The Balaban J connectivity index is 1.75. The van der Waals surface area contributed by atoms with E-state index in [1.807, 2.05) is 4.57 Å². The third-order valence-corrected chi connectivity index (χ3v) is 7.95. The van der Waals surface area contributed by atoms with Gasteiger partial charge in [-0.05, 0) is 47.0 Å². The molecule has 2 aromatic heterocycles. The number of anilines is 1. The first kappa shape index (κ1) is 19.5. The van der Waals surface area contributed by atoms with Crippen LogP contribution in [0.3, 0.4) is 0 Å². The van der Waals surface area contributed by atoms with Gasteiger partial charge in [-0.15, -0.1) is 21.5 Å². The molecule has 1 aliphatic heterocycles. The summed E-state index contributed by atoms with van der Waals surface area (Å²) < 4.78 is 58.5. The normalized spacial score (nSPS) is 14.5. The summed E-state index contributed by atoms with van der Waals surface area (Å²) in [5.41, 5.74) is -0.334. The first-order valence-corrected chi connectivity index (χ1v) is 11.6. The second-order valence-corrected chi connectivity index (χ2v) is 10.8. The molecule has 0 atom stereocenters. The molecule has 0 bridgehead atoms. The van der Waals surface area contributed by atoms with E-state index in [9.17, 15) is 17.2 Å². The number of hydrogen-bond donors (Lipinski definition) is 1. The number of thiophene rings is 1. The number of fused-ring (bicyclic) bond motifs is 1.